The zero-order chi connectivity index (χ0) is 11.7. The second-order valence-electron chi connectivity index (χ2n) is 4.73. The molecule has 90 valence electrons. The minimum Gasteiger partial charge on any atom is -0.310 e. The minimum absolute atomic E-state index is 0.440. The Balaban J connectivity index is 1.99. The number of nitrogens with one attached hydrogen (secondary N) is 1. The van der Waals surface area contributed by atoms with E-state index in [9.17, 15) is 0 Å². The van der Waals surface area contributed by atoms with Crippen LogP contribution in [-0.4, -0.2) is 21.1 Å². The van der Waals surface area contributed by atoms with Crippen molar-refractivity contribution in [3.63, 3.8) is 0 Å². The maximum Gasteiger partial charge on any atom is 0.0892 e. The first kappa shape index (κ1) is 10.7. The van der Waals surface area contributed by atoms with Crippen LogP contribution in [0, 0.1) is 5.92 Å². The minimum atomic E-state index is 0.440. The number of hydrogen-bond acceptors (Lipinski definition) is 3. The van der Waals surface area contributed by atoms with Crippen molar-refractivity contribution in [2.75, 3.05) is 6.54 Å². The van der Waals surface area contributed by atoms with Crippen molar-refractivity contribution in [1.29, 1.82) is 0 Å². The summed E-state index contributed by atoms with van der Waals surface area (Å²) in [5.74, 6) is 0.767. The zero-order valence-electron chi connectivity index (χ0n) is 10.1. The van der Waals surface area contributed by atoms with Crippen molar-refractivity contribution in [3.05, 3.63) is 30.4 Å². The van der Waals surface area contributed by atoms with Crippen LogP contribution in [0.25, 0.3) is 5.52 Å². The molecule has 0 aromatic carbocycles. The summed E-state index contributed by atoms with van der Waals surface area (Å²) in [6.45, 7) is 3.16. The standard InChI is InChI=1S/C13H18N4/c1-2-15-13(10-4-3-5-10)11-8-16-17-7-6-14-9-12(11)17/h6-10,13,15H,2-5H2,1H3. The highest BCUT2D eigenvalue weighted by atomic mass is 15.2. The molecule has 4 heteroatoms. The van der Waals surface area contributed by atoms with Crippen molar-refractivity contribution in [3.8, 4) is 0 Å². The third-order valence-electron chi connectivity index (χ3n) is 3.73. The molecule has 1 aliphatic carbocycles. The molecule has 2 aromatic heterocycles. The Bertz CT molecular complexity index is 501. The summed E-state index contributed by atoms with van der Waals surface area (Å²) in [6.07, 6.45) is 11.6. The smallest absolute Gasteiger partial charge is 0.0892 e. The van der Waals surface area contributed by atoms with E-state index in [2.05, 4.69) is 22.3 Å². The fourth-order valence-corrected chi connectivity index (χ4v) is 2.62. The predicted molar refractivity (Wildman–Crippen MR) is 66.7 cm³/mol. The van der Waals surface area contributed by atoms with Crippen molar-refractivity contribution in [2.45, 2.75) is 32.2 Å². The highest BCUT2D eigenvalue weighted by molar-refractivity contribution is 5.53. The summed E-state index contributed by atoms with van der Waals surface area (Å²) in [5.41, 5.74) is 2.43. The van der Waals surface area contributed by atoms with Crippen LogP contribution >= 0.6 is 0 Å². The summed E-state index contributed by atoms with van der Waals surface area (Å²) >= 11 is 0. The molecule has 0 amide bonds. The Kier molecular flexibility index (Phi) is 2.81. The Morgan fingerprint density at radius 2 is 2.35 bits per heavy atom. The van der Waals surface area contributed by atoms with Gasteiger partial charge in [-0.3, -0.25) is 4.98 Å². The maximum atomic E-state index is 4.40. The monoisotopic (exact) mass is 230 g/mol. The highest BCUT2D eigenvalue weighted by Gasteiger charge is 2.29. The average Bonchev–Trinajstić information content (AvgIpc) is 2.69. The van der Waals surface area contributed by atoms with Gasteiger partial charge < -0.3 is 5.32 Å². The lowest BCUT2D eigenvalue weighted by atomic mass is 9.77. The van der Waals surface area contributed by atoms with Gasteiger partial charge in [-0.25, -0.2) is 4.52 Å². The van der Waals surface area contributed by atoms with Crippen LogP contribution in [0.1, 0.15) is 37.8 Å². The number of nitrogens with zero attached hydrogens (tertiary/aromatic N) is 3. The van der Waals surface area contributed by atoms with Gasteiger partial charge >= 0.3 is 0 Å². The number of rotatable bonds is 4. The molecular weight excluding hydrogens is 212 g/mol. The summed E-state index contributed by atoms with van der Waals surface area (Å²) in [4.78, 5) is 4.20. The molecule has 2 heterocycles. The van der Waals surface area contributed by atoms with Gasteiger partial charge in [-0.05, 0) is 25.3 Å². The highest BCUT2D eigenvalue weighted by Crippen LogP contribution is 2.38. The van der Waals surface area contributed by atoms with Crippen LogP contribution in [0.5, 0.6) is 0 Å². The third-order valence-corrected chi connectivity index (χ3v) is 3.73. The first-order chi connectivity index (χ1) is 8.40. The van der Waals surface area contributed by atoms with Crippen molar-refractivity contribution in [1.82, 2.24) is 19.9 Å². The van der Waals surface area contributed by atoms with E-state index in [1.54, 1.807) is 6.20 Å². The van der Waals surface area contributed by atoms with Gasteiger partial charge in [-0.15, -0.1) is 0 Å². The molecule has 4 nitrogen and oxygen atoms in total. The normalized spacial score (nSPS) is 18.2. The van der Waals surface area contributed by atoms with Gasteiger partial charge in [-0.2, -0.15) is 5.10 Å². The fraction of sp³-hybridized carbons (Fsp3) is 0.538. The molecule has 0 saturated heterocycles. The van der Waals surface area contributed by atoms with Gasteiger partial charge in [0.1, 0.15) is 0 Å². The van der Waals surface area contributed by atoms with Crippen molar-refractivity contribution < 1.29 is 0 Å². The van der Waals surface area contributed by atoms with E-state index in [1.165, 1.54) is 24.8 Å². The van der Waals surface area contributed by atoms with E-state index >= 15 is 0 Å². The van der Waals surface area contributed by atoms with E-state index in [4.69, 9.17) is 0 Å². The van der Waals surface area contributed by atoms with E-state index < -0.39 is 0 Å². The van der Waals surface area contributed by atoms with Gasteiger partial charge in [0.05, 0.1) is 17.9 Å². The molecule has 17 heavy (non-hydrogen) atoms. The summed E-state index contributed by atoms with van der Waals surface area (Å²) in [7, 11) is 0. The molecule has 1 N–H and O–H groups in total. The van der Waals surface area contributed by atoms with Gasteiger partial charge in [0, 0.05) is 24.0 Å². The first-order valence-electron chi connectivity index (χ1n) is 6.40. The number of fused-ring (bicyclic) bond motifs is 1. The Morgan fingerprint density at radius 3 is 3.06 bits per heavy atom. The predicted octanol–water partition coefficient (Wildman–Crippen LogP) is 2.18. The number of hydrogen-bond donors (Lipinski definition) is 1. The van der Waals surface area contributed by atoms with Gasteiger partial charge in [0.2, 0.25) is 0 Å². The van der Waals surface area contributed by atoms with Crippen LogP contribution < -0.4 is 5.32 Å². The van der Waals surface area contributed by atoms with Gasteiger partial charge in [0.25, 0.3) is 0 Å². The summed E-state index contributed by atoms with van der Waals surface area (Å²) < 4.78 is 1.91. The van der Waals surface area contributed by atoms with E-state index in [0.29, 0.717) is 6.04 Å². The molecule has 0 aliphatic heterocycles. The lowest BCUT2D eigenvalue weighted by Gasteiger charge is -2.34. The first-order valence-corrected chi connectivity index (χ1v) is 6.40. The number of aromatic nitrogens is 3. The largest absolute Gasteiger partial charge is 0.310 e. The molecule has 1 atom stereocenters. The summed E-state index contributed by atoms with van der Waals surface area (Å²) in [6, 6.07) is 0.440. The van der Waals surface area contributed by atoms with Crippen molar-refractivity contribution in [2.24, 2.45) is 5.92 Å². The van der Waals surface area contributed by atoms with Crippen LogP contribution in [-0.2, 0) is 0 Å². The van der Waals surface area contributed by atoms with Crippen molar-refractivity contribution >= 4 is 5.52 Å². The average molecular weight is 230 g/mol. The topological polar surface area (TPSA) is 42.2 Å². The maximum absolute atomic E-state index is 4.40. The second-order valence-corrected chi connectivity index (χ2v) is 4.73. The molecule has 1 aliphatic rings. The van der Waals surface area contributed by atoms with E-state index in [1.807, 2.05) is 23.1 Å². The lowest BCUT2D eigenvalue weighted by Crippen LogP contribution is -2.32. The van der Waals surface area contributed by atoms with Crippen LogP contribution in [0.2, 0.25) is 0 Å². The fourth-order valence-electron chi connectivity index (χ4n) is 2.62. The summed E-state index contributed by atoms with van der Waals surface area (Å²) in [5, 5.41) is 8.00. The Hall–Kier alpha value is -1.42. The lowest BCUT2D eigenvalue weighted by molar-refractivity contribution is 0.234. The molecule has 0 radical (unpaired) electrons. The molecule has 0 bridgehead atoms. The van der Waals surface area contributed by atoms with Gasteiger partial charge in [0.15, 0.2) is 0 Å². The quantitative estimate of drug-likeness (QED) is 0.875. The molecule has 2 aromatic rings. The van der Waals surface area contributed by atoms with Crippen LogP contribution in [0.15, 0.2) is 24.8 Å². The zero-order valence-corrected chi connectivity index (χ0v) is 10.1. The van der Waals surface area contributed by atoms with Crippen LogP contribution in [0.3, 0.4) is 0 Å². The van der Waals surface area contributed by atoms with E-state index in [0.717, 1.165) is 18.0 Å². The Labute approximate surface area is 101 Å². The molecule has 1 unspecified atom stereocenters. The second kappa shape index (κ2) is 4.45. The SMILES string of the molecule is CCNC(c1cnn2ccncc12)C1CCC1. The molecule has 0 spiro atoms. The third kappa shape index (κ3) is 1.82. The van der Waals surface area contributed by atoms with Gasteiger partial charge in [-0.1, -0.05) is 13.3 Å². The Morgan fingerprint density at radius 1 is 1.47 bits per heavy atom. The molecule has 3 rings (SSSR count). The molecule has 1 saturated carbocycles. The van der Waals surface area contributed by atoms with E-state index in [-0.39, 0.29) is 0 Å². The van der Waals surface area contributed by atoms with Crippen LogP contribution in [0.4, 0.5) is 0 Å². The molecular formula is C13H18N4. The molecule has 1 fully saturated rings.